The Morgan fingerprint density at radius 3 is 1.43 bits per heavy atom. The molecular weight excluding hydrogens is 116 g/mol. The second-order valence-electron chi connectivity index (χ2n) is 0.914. The molecule has 3 heteroatoms. The Labute approximate surface area is 72.0 Å². The van der Waals surface area contributed by atoms with Gasteiger partial charge < -0.3 is 0 Å². The zero-order valence-electron chi connectivity index (χ0n) is 3.20. The van der Waals surface area contributed by atoms with E-state index in [1.54, 1.807) is 12.4 Å². The van der Waals surface area contributed by atoms with Gasteiger partial charge in [-0.15, -0.1) is 0 Å². The van der Waals surface area contributed by atoms with Crippen molar-refractivity contribution in [1.82, 2.24) is 10.2 Å². The first kappa shape index (κ1) is 7.34. The summed E-state index contributed by atoms with van der Waals surface area (Å²) < 4.78 is 0. The quantitative estimate of drug-likeness (QED) is 0.436. The molecule has 0 N–H and O–H groups in total. The molecule has 0 aliphatic carbocycles. The van der Waals surface area contributed by atoms with Crippen LogP contribution in [0.5, 0.6) is 0 Å². The maximum atomic E-state index is 3.53. The van der Waals surface area contributed by atoms with Crippen LogP contribution in [0, 0.1) is 0 Å². The van der Waals surface area contributed by atoms with Crippen molar-refractivity contribution in [2.24, 2.45) is 0 Å². The third kappa shape index (κ3) is 2.97. The minimum atomic E-state index is 0. The molecule has 0 spiro atoms. The van der Waals surface area contributed by atoms with Crippen LogP contribution in [-0.4, -0.2) is 47.9 Å². The van der Waals surface area contributed by atoms with E-state index in [0.717, 1.165) is 0 Å². The largest absolute Gasteiger partial charge is 0.159 e. The molecule has 0 radical (unpaired) electrons. The van der Waals surface area contributed by atoms with Crippen molar-refractivity contribution in [2.75, 3.05) is 0 Å². The van der Waals surface area contributed by atoms with E-state index in [9.17, 15) is 0 Å². The topological polar surface area (TPSA) is 25.8 Å². The van der Waals surface area contributed by atoms with Gasteiger partial charge in [-0.25, -0.2) is 0 Å². The van der Waals surface area contributed by atoms with Crippen LogP contribution in [0.25, 0.3) is 0 Å². The Bertz CT molecular complexity index is 81.6. The third-order valence-corrected chi connectivity index (χ3v) is 0.483. The van der Waals surface area contributed by atoms with Gasteiger partial charge in [-0.1, -0.05) is 0 Å². The summed E-state index contributed by atoms with van der Waals surface area (Å²) in [7, 11) is 0. The van der Waals surface area contributed by atoms with Crippen molar-refractivity contribution in [3.05, 3.63) is 24.5 Å². The predicted molar refractivity (Wildman–Crippen MR) is 30.6 cm³/mol. The maximum Gasteiger partial charge on any atom is 0.0496 e. The Hall–Kier alpha value is 0.340. The summed E-state index contributed by atoms with van der Waals surface area (Å²) >= 11 is 0. The fourth-order valence-corrected chi connectivity index (χ4v) is 0.253. The van der Waals surface area contributed by atoms with E-state index in [0.29, 0.717) is 0 Å². The molecule has 0 fully saturated rings. The van der Waals surface area contributed by atoms with E-state index >= 15 is 0 Å². The fraction of sp³-hybridized carbons (Fsp3) is 0. The van der Waals surface area contributed by atoms with E-state index in [2.05, 4.69) is 10.2 Å². The number of hydrogen-bond donors (Lipinski definition) is 0. The molecule has 1 rings (SSSR count). The Kier molecular flexibility index (Phi) is 4.72. The molecule has 0 atom stereocenters. The van der Waals surface area contributed by atoms with E-state index in [1.807, 2.05) is 12.1 Å². The first-order valence-corrected chi connectivity index (χ1v) is 1.72. The van der Waals surface area contributed by atoms with Crippen LogP contribution in [0.15, 0.2) is 24.5 Å². The van der Waals surface area contributed by atoms with Crippen molar-refractivity contribution in [2.45, 2.75) is 0 Å². The average Bonchev–Trinajstić information content (AvgIpc) is 1.72. The fourth-order valence-electron chi connectivity index (χ4n) is 0.253. The summed E-state index contributed by atoms with van der Waals surface area (Å²) in [5.74, 6) is 0. The SMILES string of the molecule is [CaH2].c1ccnnc1. The molecular formula is C4H6CaN2. The van der Waals surface area contributed by atoms with Crippen molar-refractivity contribution in [3.63, 3.8) is 0 Å². The summed E-state index contributed by atoms with van der Waals surface area (Å²) in [6, 6.07) is 3.65. The Morgan fingerprint density at radius 2 is 1.29 bits per heavy atom. The molecule has 0 saturated carbocycles. The van der Waals surface area contributed by atoms with Crippen LogP contribution in [0.4, 0.5) is 0 Å². The molecule has 0 aromatic carbocycles. The van der Waals surface area contributed by atoms with Crippen LogP contribution in [0.2, 0.25) is 0 Å². The molecule has 0 bridgehead atoms. The first-order valence-electron chi connectivity index (χ1n) is 1.72. The molecule has 0 amide bonds. The monoisotopic (exact) mass is 122 g/mol. The van der Waals surface area contributed by atoms with Crippen LogP contribution < -0.4 is 0 Å². The minimum absolute atomic E-state index is 0. The summed E-state index contributed by atoms with van der Waals surface area (Å²) in [5, 5.41) is 7.07. The summed E-state index contributed by atoms with van der Waals surface area (Å²) in [6.45, 7) is 0. The molecule has 1 aromatic heterocycles. The number of hydrogen-bond acceptors (Lipinski definition) is 2. The Balaban J connectivity index is 0.000000360. The van der Waals surface area contributed by atoms with Gasteiger partial charge in [0.2, 0.25) is 0 Å². The molecule has 0 aliphatic heterocycles. The van der Waals surface area contributed by atoms with Gasteiger partial charge in [0.05, 0.1) is 0 Å². The van der Waals surface area contributed by atoms with E-state index < -0.39 is 0 Å². The van der Waals surface area contributed by atoms with Gasteiger partial charge in [-0.2, -0.15) is 10.2 Å². The summed E-state index contributed by atoms with van der Waals surface area (Å²) in [6.07, 6.45) is 3.28. The normalized spacial score (nSPS) is 6.86. The Morgan fingerprint density at radius 1 is 0.857 bits per heavy atom. The average molecular weight is 122 g/mol. The van der Waals surface area contributed by atoms with Crippen molar-refractivity contribution in [3.8, 4) is 0 Å². The van der Waals surface area contributed by atoms with E-state index in [1.165, 1.54) is 0 Å². The van der Waals surface area contributed by atoms with E-state index in [-0.39, 0.29) is 37.7 Å². The van der Waals surface area contributed by atoms with Crippen molar-refractivity contribution < 1.29 is 0 Å². The molecule has 0 aliphatic rings. The summed E-state index contributed by atoms with van der Waals surface area (Å²) in [5.41, 5.74) is 0. The van der Waals surface area contributed by atoms with Crippen LogP contribution >= 0.6 is 0 Å². The molecule has 0 saturated heterocycles. The molecule has 1 heterocycles. The van der Waals surface area contributed by atoms with Gasteiger partial charge >= 0.3 is 37.7 Å². The van der Waals surface area contributed by atoms with Crippen LogP contribution in [0.3, 0.4) is 0 Å². The number of aromatic nitrogens is 2. The molecule has 0 unspecified atom stereocenters. The standard InChI is InChI=1S/C4H4N2.Ca.2H/c1-2-4-6-5-3-1;;;/h1-4H;;;. The maximum absolute atomic E-state index is 3.53. The van der Waals surface area contributed by atoms with Gasteiger partial charge in [0.25, 0.3) is 0 Å². The van der Waals surface area contributed by atoms with Gasteiger partial charge in [-0.05, 0) is 12.1 Å². The first-order chi connectivity index (χ1) is 3.00. The van der Waals surface area contributed by atoms with Gasteiger partial charge in [0.1, 0.15) is 0 Å². The second kappa shape index (κ2) is 4.50. The van der Waals surface area contributed by atoms with E-state index in [4.69, 9.17) is 0 Å². The van der Waals surface area contributed by atoms with Crippen LogP contribution in [0.1, 0.15) is 0 Å². The smallest absolute Gasteiger partial charge is 0.0496 e. The number of rotatable bonds is 0. The summed E-state index contributed by atoms with van der Waals surface area (Å²) in [4.78, 5) is 0. The van der Waals surface area contributed by atoms with Gasteiger partial charge in [0.15, 0.2) is 0 Å². The molecule has 7 heavy (non-hydrogen) atoms. The molecule has 2 nitrogen and oxygen atoms in total. The third-order valence-electron chi connectivity index (χ3n) is 0.483. The second-order valence-corrected chi connectivity index (χ2v) is 0.914. The van der Waals surface area contributed by atoms with Gasteiger partial charge in [-0.3, -0.25) is 0 Å². The predicted octanol–water partition coefficient (Wildman–Crippen LogP) is -0.440. The zero-order valence-corrected chi connectivity index (χ0v) is 3.20. The molecule has 1 aromatic rings. The minimum Gasteiger partial charge on any atom is -0.159 e. The zero-order chi connectivity index (χ0) is 4.24. The van der Waals surface area contributed by atoms with Gasteiger partial charge in [0, 0.05) is 12.4 Å². The van der Waals surface area contributed by atoms with Crippen molar-refractivity contribution >= 4 is 37.7 Å². The molecule has 34 valence electrons. The van der Waals surface area contributed by atoms with Crippen LogP contribution in [-0.2, 0) is 0 Å². The van der Waals surface area contributed by atoms with Crippen molar-refractivity contribution in [1.29, 1.82) is 0 Å². The number of nitrogens with zero attached hydrogens (tertiary/aromatic N) is 2.